The van der Waals surface area contributed by atoms with E-state index in [1.807, 2.05) is 41.9 Å². The standard InChI is InChI=1S/C20H23N3O2S2/c1-14-16(22-20(25-14)18-7-4-10-27-18)13-23-8-2-5-15(12-23)11-21-19(24)17-6-3-9-26-17/h3-4,6-7,9-10,15H,2,5,8,11-13H2,1H3,(H,21,24)/t15-/m1/s1. The van der Waals surface area contributed by atoms with Crippen LogP contribution in [0.25, 0.3) is 10.8 Å². The minimum Gasteiger partial charge on any atom is -0.440 e. The van der Waals surface area contributed by atoms with Crippen LogP contribution in [0.1, 0.15) is 34.0 Å². The third kappa shape index (κ3) is 4.48. The second-order valence-corrected chi connectivity index (χ2v) is 8.83. The largest absolute Gasteiger partial charge is 0.440 e. The van der Waals surface area contributed by atoms with Gasteiger partial charge in [-0.1, -0.05) is 12.1 Å². The number of aryl methyl sites for hydroxylation is 1. The van der Waals surface area contributed by atoms with E-state index in [2.05, 4.69) is 10.2 Å². The SMILES string of the molecule is Cc1oc(-c2cccs2)nc1CN1CCC[C@H](CNC(=O)c2cccs2)C1. The van der Waals surface area contributed by atoms with Crippen LogP contribution < -0.4 is 5.32 Å². The Balaban J connectivity index is 1.33. The lowest BCUT2D eigenvalue weighted by Crippen LogP contribution is -2.40. The highest BCUT2D eigenvalue weighted by Crippen LogP contribution is 2.27. The summed E-state index contributed by atoms with van der Waals surface area (Å²) >= 11 is 3.13. The molecule has 3 aromatic rings. The monoisotopic (exact) mass is 401 g/mol. The van der Waals surface area contributed by atoms with Gasteiger partial charge in [-0.2, -0.15) is 0 Å². The van der Waals surface area contributed by atoms with Crippen molar-refractivity contribution in [1.82, 2.24) is 15.2 Å². The van der Waals surface area contributed by atoms with E-state index in [-0.39, 0.29) is 5.91 Å². The number of nitrogens with one attached hydrogen (secondary N) is 1. The minimum atomic E-state index is 0.0371. The molecule has 1 aliphatic rings. The third-order valence-electron chi connectivity index (χ3n) is 4.90. The van der Waals surface area contributed by atoms with Gasteiger partial charge in [0.15, 0.2) is 0 Å². The lowest BCUT2D eigenvalue weighted by atomic mass is 9.97. The Morgan fingerprint density at radius 3 is 2.96 bits per heavy atom. The van der Waals surface area contributed by atoms with E-state index in [1.165, 1.54) is 11.3 Å². The average molecular weight is 402 g/mol. The zero-order chi connectivity index (χ0) is 18.6. The molecule has 4 rings (SSSR count). The summed E-state index contributed by atoms with van der Waals surface area (Å²) in [7, 11) is 0. The number of piperidine rings is 1. The van der Waals surface area contributed by atoms with Crippen LogP contribution in [-0.2, 0) is 6.54 Å². The molecule has 0 spiro atoms. The molecular weight excluding hydrogens is 378 g/mol. The Hall–Kier alpha value is -1.96. The van der Waals surface area contributed by atoms with Crippen molar-refractivity contribution in [3.63, 3.8) is 0 Å². The summed E-state index contributed by atoms with van der Waals surface area (Å²) < 4.78 is 5.86. The summed E-state index contributed by atoms with van der Waals surface area (Å²) in [6.07, 6.45) is 2.30. The van der Waals surface area contributed by atoms with Gasteiger partial charge in [-0.15, -0.1) is 22.7 Å². The fraction of sp³-hybridized carbons (Fsp3) is 0.400. The number of carbonyl (C=O) groups is 1. The molecule has 1 aliphatic heterocycles. The first-order valence-electron chi connectivity index (χ1n) is 9.23. The third-order valence-corrected chi connectivity index (χ3v) is 6.62. The molecule has 142 valence electrons. The summed E-state index contributed by atoms with van der Waals surface area (Å²) in [6.45, 7) is 5.56. The molecule has 0 radical (unpaired) electrons. The van der Waals surface area contributed by atoms with E-state index in [9.17, 15) is 4.79 Å². The molecular formula is C20H23N3O2S2. The van der Waals surface area contributed by atoms with Gasteiger partial charge in [-0.25, -0.2) is 4.98 Å². The zero-order valence-electron chi connectivity index (χ0n) is 15.3. The Labute approximate surface area is 167 Å². The van der Waals surface area contributed by atoms with Gasteiger partial charge in [0.1, 0.15) is 5.76 Å². The minimum absolute atomic E-state index is 0.0371. The molecule has 1 amide bonds. The maximum absolute atomic E-state index is 12.1. The van der Waals surface area contributed by atoms with Crippen molar-refractivity contribution < 1.29 is 9.21 Å². The molecule has 0 aromatic carbocycles. The van der Waals surface area contributed by atoms with Crippen LogP contribution in [0.5, 0.6) is 0 Å². The molecule has 3 aromatic heterocycles. The number of hydrogen-bond acceptors (Lipinski definition) is 6. The molecule has 1 N–H and O–H groups in total. The molecule has 0 aliphatic carbocycles. The fourth-order valence-corrected chi connectivity index (χ4v) is 4.77. The number of aromatic nitrogens is 1. The second-order valence-electron chi connectivity index (χ2n) is 6.93. The predicted octanol–water partition coefficient (Wildman–Crippen LogP) is 4.42. The van der Waals surface area contributed by atoms with E-state index >= 15 is 0 Å². The second kappa shape index (κ2) is 8.37. The highest BCUT2D eigenvalue weighted by Gasteiger charge is 2.23. The van der Waals surface area contributed by atoms with E-state index < -0.39 is 0 Å². The Bertz CT molecular complexity index is 871. The summed E-state index contributed by atoms with van der Waals surface area (Å²) in [5.74, 6) is 2.13. The fourth-order valence-electron chi connectivity index (χ4n) is 3.49. The first kappa shape index (κ1) is 18.4. The van der Waals surface area contributed by atoms with Crippen molar-refractivity contribution in [2.75, 3.05) is 19.6 Å². The Morgan fingerprint density at radius 2 is 2.19 bits per heavy atom. The number of oxazole rings is 1. The number of thiophene rings is 2. The van der Waals surface area contributed by atoms with Crippen molar-refractivity contribution in [3.05, 3.63) is 51.4 Å². The molecule has 7 heteroatoms. The van der Waals surface area contributed by atoms with Crippen molar-refractivity contribution in [2.45, 2.75) is 26.3 Å². The van der Waals surface area contributed by atoms with Gasteiger partial charge in [0.2, 0.25) is 5.89 Å². The number of amides is 1. The maximum atomic E-state index is 12.1. The number of rotatable bonds is 6. The highest BCUT2D eigenvalue weighted by molar-refractivity contribution is 7.13. The van der Waals surface area contributed by atoms with Gasteiger partial charge in [-0.3, -0.25) is 9.69 Å². The number of hydrogen-bond donors (Lipinski definition) is 1. The zero-order valence-corrected chi connectivity index (χ0v) is 16.9. The van der Waals surface area contributed by atoms with Crippen LogP contribution in [0, 0.1) is 12.8 Å². The molecule has 0 saturated carbocycles. The van der Waals surface area contributed by atoms with Crippen LogP contribution in [0.3, 0.4) is 0 Å². The van der Waals surface area contributed by atoms with E-state index in [0.29, 0.717) is 11.8 Å². The van der Waals surface area contributed by atoms with E-state index in [4.69, 9.17) is 9.40 Å². The van der Waals surface area contributed by atoms with Crippen LogP contribution in [-0.4, -0.2) is 35.4 Å². The van der Waals surface area contributed by atoms with Crippen molar-refractivity contribution >= 4 is 28.6 Å². The lowest BCUT2D eigenvalue weighted by Gasteiger charge is -2.32. The molecule has 1 saturated heterocycles. The van der Waals surface area contributed by atoms with Crippen molar-refractivity contribution in [3.8, 4) is 10.8 Å². The number of carbonyl (C=O) groups excluding carboxylic acids is 1. The summed E-state index contributed by atoms with van der Waals surface area (Å²) in [5, 5.41) is 7.05. The van der Waals surface area contributed by atoms with Gasteiger partial charge in [0, 0.05) is 19.6 Å². The van der Waals surface area contributed by atoms with Gasteiger partial charge >= 0.3 is 0 Å². The van der Waals surface area contributed by atoms with E-state index in [1.54, 1.807) is 11.3 Å². The van der Waals surface area contributed by atoms with E-state index in [0.717, 1.165) is 60.2 Å². The topological polar surface area (TPSA) is 58.4 Å². The maximum Gasteiger partial charge on any atom is 0.261 e. The Kier molecular flexibility index (Phi) is 5.71. The molecule has 1 atom stereocenters. The molecule has 0 bridgehead atoms. The lowest BCUT2D eigenvalue weighted by molar-refractivity contribution is 0.0934. The highest BCUT2D eigenvalue weighted by atomic mass is 32.1. The van der Waals surface area contributed by atoms with Gasteiger partial charge in [0.25, 0.3) is 5.91 Å². The average Bonchev–Trinajstić information content (AvgIpc) is 3.43. The van der Waals surface area contributed by atoms with Crippen LogP contribution in [0.4, 0.5) is 0 Å². The van der Waals surface area contributed by atoms with Gasteiger partial charge < -0.3 is 9.73 Å². The number of likely N-dealkylation sites (tertiary alicyclic amines) is 1. The predicted molar refractivity (Wildman–Crippen MR) is 109 cm³/mol. The van der Waals surface area contributed by atoms with Crippen LogP contribution in [0.2, 0.25) is 0 Å². The Morgan fingerprint density at radius 1 is 1.33 bits per heavy atom. The number of nitrogens with zero attached hydrogens (tertiary/aromatic N) is 2. The first-order valence-corrected chi connectivity index (χ1v) is 11.0. The summed E-state index contributed by atoms with van der Waals surface area (Å²) in [5.41, 5.74) is 1.02. The van der Waals surface area contributed by atoms with Gasteiger partial charge in [-0.05, 0) is 55.1 Å². The molecule has 1 fully saturated rings. The molecule has 27 heavy (non-hydrogen) atoms. The molecule has 4 heterocycles. The summed E-state index contributed by atoms with van der Waals surface area (Å²) in [6, 6.07) is 7.82. The smallest absolute Gasteiger partial charge is 0.261 e. The molecule has 5 nitrogen and oxygen atoms in total. The quantitative estimate of drug-likeness (QED) is 0.664. The van der Waals surface area contributed by atoms with Gasteiger partial charge in [0.05, 0.1) is 15.4 Å². The molecule has 0 unspecified atom stereocenters. The van der Waals surface area contributed by atoms with Crippen molar-refractivity contribution in [2.24, 2.45) is 5.92 Å². The van der Waals surface area contributed by atoms with Crippen molar-refractivity contribution in [1.29, 1.82) is 0 Å². The van der Waals surface area contributed by atoms with Crippen LogP contribution >= 0.6 is 22.7 Å². The first-order chi connectivity index (χ1) is 13.2. The van der Waals surface area contributed by atoms with Crippen LogP contribution in [0.15, 0.2) is 39.4 Å². The summed E-state index contributed by atoms with van der Waals surface area (Å²) in [4.78, 5) is 21.1. The normalized spacial score (nSPS) is 17.9.